The van der Waals surface area contributed by atoms with Gasteiger partial charge in [0.1, 0.15) is 23.1 Å². The molecule has 140 valence electrons. The molecule has 0 aliphatic heterocycles. The summed E-state index contributed by atoms with van der Waals surface area (Å²) in [5.74, 6) is -1.78. The Bertz CT molecular complexity index is 1050. The van der Waals surface area contributed by atoms with E-state index in [0.717, 1.165) is 31.4 Å². The summed E-state index contributed by atoms with van der Waals surface area (Å²) >= 11 is 6.27. The van der Waals surface area contributed by atoms with Crippen molar-refractivity contribution in [2.75, 3.05) is 5.32 Å². The van der Waals surface area contributed by atoms with Crippen LogP contribution in [0.3, 0.4) is 0 Å². The number of aromatic nitrogens is 4. The van der Waals surface area contributed by atoms with E-state index in [1.54, 1.807) is 0 Å². The smallest absolute Gasteiger partial charge is 0.255 e. The van der Waals surface area contributed by atoms with Crippen LogP contribution in [0.1, 0.15) is 25.7 Å². The average molecular weight is 394 g/mol. The number of hydrogen-bond donors (Lipinski definition) is 1. The highest BCUT2D eigenvalue weighted by Gasteiger charge is 2.40. The van der Waals surface area contributed by atoms with E-state index in [9.17, 15) is 13.2 Å². The zero-order valence-corrected chi connectivity index (χ0v) is 14.8. The fourth-order valence-electron chi connectivity index (χ4n) is 4.52. The van der Waals surface area contributed by atoms with E-state index in [-0.39, 0.29) is 28.4 Å². The minimum Gasteiger partial charge on any atom is -0.366 e. The molecule has 3 aromatic rings. The highest BCUT2D eigenvalue weighted by molar-refractivity contribution is 6.33. The van der Waals surface area contributed by atoms with Gasteiger partial charge in [-0.2, -0.15) is 19.6 Å². The first-order valence-corrected chi connectivity index (χ1v) is 9.20. The molecular formula is C18H15ClF3N5. The van der Waals surface area contributed by atoms with Crippen molar-refractivity contribution in [2.24, 2.45) is 11.8 Å². The van der Waals surface area contributed by atoms with E-state index < -0.39 is 23.0 Å². The Kier molecular flexibility index (Phi) is 3.79. The maximum absolute atomic E-state index is 14.5. The van der Waals surface area contributed by atoms with Gasteiger partial charge in [-0.25, -0.2) is 13.2 Å². The van der Waals surface area contributed by atoms with Crippen LogP contribution in [0.5, 0.6) is 0 Å². The second kappa shape index (κ2) is 6.09. The van der Waals surface area contributed by atoms with Crippen LogP contribution < -0.4 is 5.32 Å². The largest absolute Gasteiger partial charge is 0.366 e. The molecule has 9 heteroatoms. The molecule has 0 saturated heterocycles. The molecule has 0 radical (unpaired) electrons. The van der Waals surface area contributed by atoms with Crippen LogP contribution in [-0.4, -0.2) is 25.6 Å². The summed E-state index contributed by atoms with van der Waals surface area (Å²) in [4.78, 5) is 8.08. The number of benzene rings is 1. The van der Waals surface area contributed by atoms with Crippen LogP contribution >= 0.6 is 11.6 Å². The number of halogens is 4. The lowest BCUT2D eigenvalue weighted by Gasteiger charge is -2.25. The van der Waals surface area contributed by atoms with Gasteiger partial charge in [-0.15, -0.1) is 0 Å². The maximum Gasteiger partial charge on any atom is 0.255 e. The molecule has 2 fully saturated rings. The Labute approximate surface area is 157 Å². The van der Waals surface area contributed by atoms with Gasteiger partial charge in [-0.3, -0.25) is 0 Å². The lowest BCUT2D eigenvalue weighted by molar-refractivity contribution is 0.438. The van der Waals surface area contributed by atoms with E-state index in [4.69, 9.17) is 11.6 Å². The molecule has 0 spiro atoms. The van der Waals surface area contributed by atoms with Gasteiger partial charge in [0.15, 0.2) is 11.6 Å². The Morgan fingerprint density at radius 2 is 1.89 bits per heavy atom. The zero-order valence-electron chi connectivity index (χ0n) is 14.1. The Balaban J connectivity index is 1.72. The number of nitrogens with one attached hydrogen (secondary N) is 1. The van der Waals surface area contributed by atoms with Crippen molar-refractivity contribution in [3.05, 3.63) is 41.1 Å². The van der Waals surface area contributed by atoms with Gasteiger partial charge >= 0.3 is 0 Å². The number of rotatable bonds is 3. The lowest BCUT2D eigenvalue weighted by atomic mass is 9.95. The van der Waals surface area contributed by atoms with Gasteiger partial charge in [-0.05, 0) is 43.2 Å². The molecule has 2 aromatic heterocycles. The summed E-state index contributed by atoms with van der Waals surface area (Å²) in [5, 5.41) is 7.32. The van der Waals surface area contributed by atoms with E-state index in [0.29, 0.717) is 11.8 Å². The van der Waals surface area contributed by atoms with Gasteiger partial charge in [0, 0.05) is 6.04 Å². The average Bonchev–Trinajstić information content (AvgIpc) is 3.37. The van der Waals surface area contributed by atoms with Crippen molar-refractivity contribution in [3.63, 3.8) is 0 Å². The van der Waals surface area contributed by atoms with Crippen molar-refractivity contribution in [3.8, 4) is 11.1 Å². The summed E-state index contributed by atoms with van der Waals surface area (Å²) in [6.07, 6.45) is 5.70. The normalized spacial score (nSPS) is 24.1. The van der Waals surface area contributed by atoms with Crippen molar-refractivity contribution < 1.29 is 13.2 Å². The van der Waals surface area contributed by atoms with Crippen LogP contribution in [0.4, 0.5) is 19.0 Å². The summed E-state index contributed by atoms with van der Waals surface area (Å²) in [6, 6.07) is 1.75. The van der Waals surface area contributed by atoms with E-state index in [1.165, 1.54) is 17.3 Å². The predicted molar refractivity (Wildman–Crippen MR) is 94.0 cm³/mol. The number of nitrogens with zero attached hydrogens (tertiary/aromatic N) is 4. The minimum atomic E-state index is -1.31. The minimum absolute atomic E-state index is 0.0491. The third-order valence-electron chi connectivity index (χ3n) is 5.74. The van der Waals surface area contributed by atoms with Crippen molar-refractivity contribution in [1.82, 2.24) is 19.6 Å². The third-order valence-corrected chi connectivity index (χ3v) is 6.01. The molecule has 1 aromatic carbocycles. The van der Waals surface area contributed by atoms with Crippen molar-refractivity contribution in [2.45, 2.75) is 31.7 Å². The van der Waals surface area contributed by atoms with Crippen LogP contribution in [0, 0.1) is 29.3 Å². The molecule has 2 aliphatic rings. The van der Waals surface area contributed by atoms with Gasteiger partial charge in [0.05, 0.1) is 11.1 Å². The molecule has 27 heavy (non-hydrogen) atoms. The number of hydrogen-bond acceptors (Lipinski definition) is 4. The third kappa shape index (κ3) is 2.57. The second-order valence-electron chi connectivity index (χ2n) is 7.24. The second-order valence-corrected chi connectivity index (χ2v) is 7.60. The van der Waals surface area contributed by atoms with Crippen LogP contribution in [-0.2, 0) is 0 Å². The highest BCUT2D eigenvalue weighted by Crippen LogP contribution is 2.47. The summed E-state index contributed by atoms with van der Waals surface area (Å²) in [7, 11) is 0. The van der Waals surface area contributed by atoms with Crippen LogP contribution in [0.2, 0.25) is 5.15 Å². The van der Waals surface area contributed by atoms with E-state index >= 15 is 0 Å². The lowest BCUT2D eigenvalue weighted by Crippen LogP contribution is -2.27. The number of anilines is 1. The highest BCUT2D eigenvalue weighted by atomic mass is 35.5. The molecule has 3 unspecified atom stereocenters. The van der Waals surface area contributed by atoms with Crippen molar-refractivity contribution in [1.29, 1.82) is 0 Å². The molecular weight excluding hydrogens is 379 g/mol. The predicted octanol–water partition coefficient (Wildman–Crippen LogP) is 4.46. The van der Waals surface area contributed by atoms with E-state index in [1.807, 2.05) is 0 Å². The molecule has 2 heterocycles. The van der Waals surface area contributed by atoms with E-state index in [2.05, 4.69) is 20.4 Å². The summed E-state index contributed by atoms with van der Waals surface area (Å²) < 4.78 is 44.2. The first-order valence-electron chi connectivity index (χ1n) is 8.82. The monoisotopic (exact) mass is 393 g/mol. The quantitative estimate of drug-likeness (QED) is 0.527. The molecule has 2 aliphatic carbocycles. The van der Waals surface area contributed by atoms with Crippen LogP contribution in [0.25, 0.3) is 16.9 Å². The van der Waals surface area contributed by atoms with Gasteiger partial charge < -0.3 is 5.32 Å². The van der Waals surface area contributed by atoms with Crippen molar-refractivity contribution >= 4 is 23.2 Å². The SMILES string of the molecule is Fc1ccc(F)c(-c2c(Cl)nc3ncnn3c2NC2CC3CCC2C3)c1F. The fourth-order valence-corrected chi connectivity index (χ4v) is 4.78. The maximum atomic E-state index is 14.5. The summed E-state index contributed by atoms with van der Waals surface area (Å²) in [5.41, 5.74) is -0.609. The Hall–Kier alpha value is -2.35. The van der Waals surface area contributed by atoms with Gasteiger partial charge in [0.2, 0.25) is 0 Å². The molecule has 0 amide bonds. The number of fused-ring (bicyclic) bond motifs is 3. The molecule has 2 saturated carbocycles. The molecule has 3 atom stereocenters. The summed E-state index contributed by atoms with van der Waals surface area (Å²) in [6.45, 7) is 0. The Morgan fingerprint density at radius 3 is 2.63 bits per heavy atom. The van der Waals surface area contributed by atoms with Gasteiger partial charge in [-0.1, -0.05) is 18.0 Å². The standard InChI is InChI=1S/C18H15ClF3N5/c19-16-14(13-10(20)3-4-11(21)15(13)22)17(27-18(26-16)23-7-24-27)25-12-6-8-1-2-9(12)5-8/h3-4,7-9,12,25H,1-2,5-6H2. The Morgan fingerprint density at radius 1 is 1.07 bits per heavy atom. The first-order chi connectivity index (χ1) is 13.0. The first kappa shape index (κ1) is 16.8. The zero-order chi connectivity index (χ0) is 18.7. The molecule has 1 N–H and O–H groups in total. The fraction of sp³-hybridized carbons (Fsp3) is 0.389. The topological polar surface area (TPSA) is 55.1 Å². The van der Waals surface area contributed by atoms with Crippen LogP contribution in [0.15, 0.2) is 18.5 Å². The molecule has 2 bridgehead atoms. The molecule has 5 rings (SSSR count). The van der Waals surface area contributed by atoms with Gasteiger partial charge in [0.25, 0.3) is 5.78 Å². The molecule has 5 nitrogen and oxygen atoms in total.